The minimum Gasteiger partial charge on any atom is -1.00 e. The second kappa shape index (κ2) is 21.9. The molecule has 0 bridgehead atoms. The number of benzene rings is 1. The molecule has 0 radical (unpaired) electrons. The normalized spacial score (nSPS) is 11.7. The topological polar surface area (TPSA) is 49.7 Å². The Balaban J connectivity index is 0.00000961. The second-order valence-corrected chi connectivity index (χ2v) is 8.75. The maximum atomic E-state index is 9.59. The van der Waals surface area contributed by atoms with Crippen LogP contribution in [0, 0.1) is 0 Å². The molecule has 0 aromatic heterocycles. The maximum absolute atomic E-state index is 9.59. The summed E-state index contributed by atoms with van der Waals surface area (Å²) in [6.45, 7) is 6.89. The summed E-state index contributed by atoms with van der Waals surface area (Å²) in [5.74, 6) is 0. The number of aliphatic hydroxyl groups is 2. The van der Waals surface area contributed by atoms with E-state index in [1.54, 1.807) is 0 Å². The van der Waals surface area contributed by atoms with Gasteiger partial charge in [0.05, 0.1) is 26.4 Å². The molecule has 186 valence electrons. The monoisotopic (exact) mass is 469 g/mol. The van der Waals surface area contributed by atoms with E-state index in [-0.39, 0.29) is 25.6 Å². The van der Waals surface area contributed by atoms with Gasteiger partial charge in [-0.05, 0) is 18.1 Å². The van der Waals surface area contributed by atoms with E-state index in [9.17, 15) is 10.2 Å². The van der Waals surface area contributed by atoms with Crippen LogP contribution in [0.1, 0.15) is 76.7 Å². The number of quaternary nitrogens is 1. The third kappa shape index (κ3) is 15.8. The first-order valence-corrected chi connectivity index (χ1v) is 12.6. The van der Waals surface area contributed by atoms with Gasteiger partial charge in [-0.25, -0.2) is 0 Å². The van der Waals surface area contributed by atoms with Gasteiger partial charge < -0.3 is 31.8 Å². The number of ether oxygens (including phenoxy) is 1. The summed E-state index contributed by atoms with van der Waals surface area (Å²) in [7, 11) is 0. The van der Waals surface area contributed by atoms with Crippen molar-refractivity contribution >= 4 is 6.08 Å². The number of hydrogen-bond donors (Lipinski definition) is 2. The molecule has 0 fully saturated rings. The van der Waals surface area contributed by atoms with Gasteiger partial charge in [0.15, 0.2) is 0 Å². The van der Waals surface area contributed by atoms with Crippen molar-refractivity contribution in [1.29, 1.82) is 0 Å². The average molecular weight is 470 g/mol. The summed E-state index contributed by atoms with van der Waals surface area (Å²) in [6, 6.07) is 10.2. The van der Waals surface area contributed by atoms with Crippen LogP contribution in [0.4, 0.5) is 0 Å². The lowest BCUT2D eigenvalue weighted by Crippen LogP contribution is -3.00. The SMILES string of the molecule is CCCCCCCCCCCCOCC[N+](C/C=C/c1ccccc1)(CCO)CCO.[Cl-]. The van der Waals surface area contributed by atoms with Gasteiger partial charge >= 0.3 is 0 Å². The lowest BCUT2D eigenvalue weighted by atomic mass is 10.1. The molecule has 0 heterocycles. The number of halogens is 1. The van der Waals surface area contributed by atoms with E-state index in [1.165, 1.54) is 63.4 Å². The molecule has 0 spiro atoms. The highest BCUT2D eigenvalue weighted by molar-refractivity contribution is 5.48. The summed E-state index contributed by atoms with van der Waals surface area (Å²) < 4.78 is 6.58. The zero-order valence-electron chi connectivity index (χ0n) is 20.4. The van der Waals surface area contributed by atoms with Gasteiger partial charge in [0.25, 0.3) is 0 Å². The zero-order chi connectivity index (χ0) is 22.5. The van der Waals surface area contributed by atoms with Crippen molar-refractivity contribution in [2.45, 2.75) is 71.1 Å². The fraction of sp³-hybridized carbons (Fsp3) is 0.704. The van der Waals surface area contributed by atoms with Crippen molar-refractivity contribution in [3.63, 3.8) is 0 Å². The Labute approximate surface area is 203 Å². The molecule has 0 atom stereocenters. The Morgan fingerprint density at radius 2 is 1.31 bits per heavy atom. The molecular formula is C27H48ClNO3. The average Bonchev–Trinajstić information content (AvgIpc) is 2.78. The largest absolute Gasteiger partial charge is 1.00 e. The van der Waals surface area contributed by atoms with Crippen LogP contribution < -0.4 is 12.4 Å². The molecule has 0 saturated carbocycles. The van der Waals surface area contributed by atoms with Crippen LogP contribution >= 0.6 is 0 Å². The third-order valence-corrected chi connectivity index (χ3v) is 6.10. The minimum absolute atomic E-state index is 0. The molecule has 0 amide bonds. The molecular weight excluding hydrogens is 422 g/mol. The summed E-state index contributed by atoms with van der Waals surface area (Å²) >= 11 is 0. The van der Waals surface area contributed by atoms with Gasteiger partial charge in [0, 0.05) is 6.61 Å². The van der Waals surface area contributed by atoms with E-state index >= 15 is 0 Å². The van der Waals surface area contributed by atoms with Crippen LogP contribution in [-0.4, -0.2) is 67.3 Å². The van der Waals surface area contributed by atoms with Crippen molar-refractivity contribution in [2.75, 3.05) is 52.6 Å². The first-order valence-electron chi connectivity index (χ1n) is 12.6. The predicted octanol–water partition coefficient (Wildman–Crippen LogP) is 2.44. The number of hydrogen-bond acceptors (Lipinski definition) is 3. The van der Waals surface area contributed by atoms with Crippen LogP contribution in [0.2, 0.25) is 0 Å². The number of unbranched alkanes of at least 4 members (excludes halogenated alkanes) is 9. The Bertz CT molecular complexity index is 533. The molecule has 0 unspecified atom stereocenters. The lowest BCUT2D eigenvalue weighted by molar-refractivity contribution is -0.923. The molecule has 5 heteroatoms. The van der Waals surface area contributed by atoms with Crippen molar-refractivity contribution < 1.29 is 31.8 Å². The molecule has 1 aromatic rings. The van der Waals surface area contributed by atoms with Crippen molar-refractivity contribution in [3.8, 4) is 0 Å². The molecule has 2 N–H and O–H groups in total. The molecule has 32 heavy (non-hydrogen) atoms. The fourth-order valence-electron chi connectivity index (χ4n) is 4.06. The van der Waals surface area contributed by atoms with E-state index in [0.717, 1.165) is 26.1 Å². The van der Waals surface area contributed by atoms with Gasteiger partial charge in [0.2, 0.25) is 0 Å². The van der Waals surface area contributed by atoms with Gasteiger partial charge in [-0.3, -0.25) is 0 Å². The van der Waals surface area contributed by atoms with Gasteiger partial charge in [-0.15, -0.1) is 0 Å². The van der Waals surface area contributed by atoms with E-state index in [0.29, 0.717) is 24.2 Å². The molecule has 0 saturated heterocycles. The first-order chi connectivity index (χ1) is 15.3. The first kappa shape index (κ1) is 31.1. The summed E-state index contributed by atoms with van der Waals surface area (Å²) in [5, 5.41) is 19.2. The van der Waals surface area contributed by atoms with Crippen molar-refractivity contribution in [3.05, 3.63) is 42.0 Å². The van der Waals surface area contributed by atoms with Crippen molar-refractivity contribution in [2.24, 2.45) is 0 Å². The number of aliphatic hydroxyl groups excluding tert-OH is 2. The van der Waals surface area contributed by atoms with E-state index in [4.69, 9.17) is 4.74 Å². The molecule has 1 rings (SSSR count). The molecule has 1 aromatic carbocycles. The van der Waals surface area contributed by atoms with Crippen LogP contribution in [0.15, 0.2) is 36.4 Å². The standard InChI is InChI=1S/C27H48NO3.ClH/c1-2-3-4-5-6-7-8-9-10-14-25-31-26-22-28(20-23-29,21-24-30)19-15-18-27-16-12-11-13-17-27;/h11-13,15-18,29-30H,2-10,14,19-26H2,1H3;1H/q+1;/p-1/b18-15+;. The maximum Gasteiger partial charge on any atom is 0.103 e. The third-order valence-electron chi connectivity index (χ3n) is 6.10. The molecule has 0 aliphatic heterocycles. The fourth-order valence-corrected chi connectivity index (χ4v) is 4.06. The summed E-state index contributed by atoms with van der Waals surface area (Å²) in [5.41, 5.74) is 1.17. The Hall–Kier alpha value is -0.910. The summed E-state index contributed by atoms with van der Waals surface area (Å²) in [6.07, 6.45) is 17.6. The predicted molar refractivity (Wildman–Crippen MR) is 132 cm³/mol. The van der Waals surface area contributed by atoms with Crippen LogP contribution in [0.25, 0.3) is 6.08 Å². The van der Waals surface area contributed by atoms with Gasteiger partial charge in [0.1, 0.15) is 19.6 Å². The highest BCUT2D eigenvalue weighted by Crippen LogP contribution is 2.11. The highest BCUT2D eigenvalue weighted by atomic mass is 35.5. The Morgan fingerprint density at radius 1 is 0.750 bits per heavy atom. The molecule has 4 nitrogen and oxygen atoms in total. The Morgan fingerprint density at radius 3 is 1.88 bits per heavy atom. The van der Waals surface area contributed by atoms with Gasteiger partial charge in [-0.1, -0.05) is 101 Å². The number of rotatable bonds is 21. The number of nitrogens with zero attached hydrogens (tertiary/aromatic N) is 1. The lowest BCUT2D eigenvalue weighted by Gasteiger charge is -2.37. The quantitative estimate of drug-likeness (QED) is 0.215. The van der Waals surface area contributed by atoms with Gasteiger partial charge in [-0.2, -0.15) is 0 Å². The zero-order valence-corrected chi connectivity index (χ0v) is 21.2. The molecule has 0 aliphatic rings. The van der Waals surface area contributed by atoms with Crippen LogP contribution in [0.5, 0.6) is 0 Å². The molecule has 0 aliphatic carbocycles. The van der Waals surface area contributed by atoms with Crippen LogP contribution in [-0.2, 0) is 4.74 Å². The van der Waals surface area contributed by atoms with E-state index < -0.39 is 0 Å². The Kier molecular flexibility index (Phi) is 21.3. The van der Waals surface area contributed by atoms with E-state index in [1.807, 2.05) is 18.2 Å². The smallest absolute Gasteiger partial charge is 0.103 e. The van der Waals surface area contributed by atoms with Crippen LogP contribution in [0.3, 0.4) is 0 Å². The second-order valence-electron chi connectivity index (χ2n) is 8.75. The van der Waals surface area contributed by atoms with E-state index in [2.05, 4.69) is 31.2 Å². The summed E-state index contributed by atoms with van der Waals surface area (Å²) in [4.78, 5) is 0. The highest BCUT2D eigenvalue weighted by Gasteiger charge is 2.24. The van der Waals surface area contributed by atoms with Crippen molar-refractivity contribution in [1.82, 2.24) is 0 Å². The minimum atomic E-state index is 0.